The molecule has 7 nitrogen and oxygen atoms in total. The van der Waals surface area contributed by atoms with Gasteiger partial charge in [0.25, 0.3) is 0 Å². The van der Waals surface area contributed by atoms with Crippen LogP contribution in [-0.2, 0) is 23.8 Å². The molecule has 0 aromatic carbocycles. The molecule has 0 aliphatic carbocycles. The predicted octanol–water partition coefficient (Wildman–Crippen LogP) is -0.143. The van der Waals surface area contributed by atoms with Crippen LogP contribution in [0.1, 0.15) is 13.3 Å². The van der Waals surface area contributed by atoms with Crippen LogP contribution in [0, 0.1) is 17.2 Å². The molecule has 0 spiro atoms. The zero-order valence-electron chi connectivity index (χ0n) is 11.5. The maximum atomic E-state index is 11.6. The second-order valence-electron chi connectivity index (χ2n) is 3.95. The molecular formula is C12H20N2O5. The Balaban J connectivity index is 4.28. The van der Waals surface area contributed by atoms with Crippen LogP contribution in [-0.4, -0.2) is 52.0 Å². The molecular weight excluding hydrogens is 252 g/mol. The normalized spacial score (nSPS) is 13.2. The van der Waals surface area contributed by atoms with E-state index >= 15 is 0 Å². The van der Waals surface area contributed by atoms with E-state index in [0.717, 1.165) is 0 Å². The van der Waals surface area contributed by atoms with Gasteiger partial charge in [0, 0.05) is 19.4 Å². The fraction of sp³-hybridized carbons (Fsp3) is 0.750. The van der Waals surface area contributed by atoms with Crippen LogP contribution in [0.15, 0.2) is 0 Å². The number of carbonyl (C=O) groups excluding carboxylic acids is 2. The molecule has 0 bridgehead atoms. The van der Waals surface area contributed by atoms with E-state index in [1.165, 1.54) is 14.2 Å². The van der Waals surface area contributed by atoms with Crippen LogP contribution in [0.25, 0.3) is 0 Å². The summed E-state index contributed by atoms with van der Waals surface area (Å²) in [5.74, 6) is -1.34. The third kappa shape index (κ3) is 7.39. The molecule has 1 N–H and O–H groups in total. The summed E-state index contributed by atoms with van der Waals surface area (Å²) in [5, 5.41) is 11.1. The molecule has 108 valence electrons. The first kappa shape index (κ1) is 17.4. The number of esters is 1. The van der Waals surface area contributed by atoms with E-state index in [4.69, 9.17) is 14.7 Å². The van der Waals surface area contributed by atoms with Crippen LogP contribution < -0.4 is 5.32 Å². The van der Waals surface area contributed by atoms with Crippen molar-refractivity contribution in [2.75, 3.05) is 34.0 Å². The first-order valence-corrected chi connectivity index (χ1v) is 5.87. The van der Waals surface area contributed by atoms with Gasteiger partial charge >= 0.3 is 5.97 Å². The molecule has 1 amide bonds. The molecule has 0 radical (unpaired) electrons. The summed E-state index contributed by atoms with van der Waals surface area (Å²) in [6, 6.07) is 1.11. The second kappa shape index (κ2) is 10.3. The van der Waals surface area contributed by atoms with Gasteiger partial charge in [0.1, 0.15) is 12.6 Å². The highest BCUT2D eigenvalue weighted by Gasteiger charge is 2.27. The number of nitrogens with zero attached hydrogens (tertiary/aromatic N) is 1. The van der Waals surface area contributed by atoms with Gasteiger partial charge in [-0.2, -0.15) is 5.26 Å². The topological polar surface area (TPSA) is 97.7 Å². The van der Waals surface area contributed by atoms with Crippen molar-refractivity contribution in [1.82, 2.24) is 5.32 Å². The van der Waals surface area contributed by atoms with Crippen molar-refractivity contribution in [3.63, 3.8) is 0 Å². The minimum atomic E-state index is -0.844. The monoisotopic (exact) mass is 272 g/mol. The molecule has 0 aromatic rings. The molecule has 0 heterocycles. The van der Waals surface area contributed by atoms with Crippen LogP contribution in [0.2, 0.25) is 0 Å². The number of amides is 1. The number of nitrogens with one attached hydrogen (secondary N) is 1. The summed E-state index contributed by atoms with van der Waals surface area (Å²) >= 11 is 0. The molecule has 0 unspecified atom stereocenters. The molecule has 0 saturated carbocycles. The van der Waals surface area contributed by atoms with Gasteiger partial charge in [-0.3, -0.25) is 4.79 Å². The van der Waals surface area contributed by atoms with Crippen LogP contribution >= 0.6 is 0 Å². The number of carbonyl (C=O) groups is 2. The maximum Gasteiger partial charge on any atom is 0.328 e. The van der Waals surface area contributed by atoms with Gasteiger partial charge in [-0.05, 0) is 0 Å². The SMILES string of the molecule is COCCOCC(=O)N[C@H](C(=O)OC)[C@@H](C)CC#N. The summed E-state index contributed by atoms with van der Waals surface area (Å²) < 4.78 is 14.4. The Bertz CT molecular complexity index is 327. The Hall–Kier alpha value is -1.65. The van der Waals surface area contributed by atoms with Gasteiger partial charge in [0.05, 0.1) is 26.4 Å². The second-order valence-corrected chi connectivity index (χ2v) is 3.95. The Morgan fingerprint density at radius 1 is 1.32 bits per heavy atom. The van der Waals surface area contributed by atoms with Crippen molar-refractivity contribution in [2.45, 2.75) is 19.4 Å². The van der Waals surface area contributed by atoms with E-state index < -0.39 is 17.9 Å². The van der Waals surface area contributed by atoms with Gasteiger partial charge in [-0.25, -0.2) is 4.79 Å². The molecule has 0 fully saturated rings. The molecule has 2 atom stereocenters. The summed E-state index contributed by atoms with van der Waals surface area (Å²) in [4.78, 5) is 23.1. The third-order valence-corrected chi connectivity index (χ3v) is 2.42. The predicted molar refractivity (Wildman–Crippen MR) is 66.0 cm³/mol. The lowest BCUT2D eigenvalue weighted by Gasteiger charge is -2.20. The van der Waals surface area contributed by atoms with Crippen molar-refractivity contribution in [2.24, 2.45) is 5.92 Å². The van der Waals surface area contributed by atoms with Crippen molar-refractivity contribution < 1.29 is 23.8 Å². The summed E-state index contributed by atoms with van der Waals surface area (Å²) in [5.41, 5.74) is 0. The number of methoxy groups -OCH3 is 2. The highest BCUT2D eigenvalue weighted by Crippen LogP contribution is 2.09. The maximum absolute atomic E-state index is 11.6. The highest BCUT2D eigenvalue weighted by atomic mass is 16.5. The van der Waals surface area contributed by atoms with E-state index in [1.54, 1.807) is 6.92 Å². The average molecular weight is 272 g/mol. The van der Waals surface area contributed by atoms with Crippen LogP contribution in [0.5, 0.6) is 0 Å². The molecule has 0 aliphatic rings. The molecule has 7 heteroatoms. The first-order chi connectivity index (χ1) is 9.06. The number of nitriles is 1. The molecule has 19 heavy (non-hydrogen) atoms. The lowest BCUT2D eigenvalue weighted by molar-refractivity contribution is -0.147. The lowest BCUT2D eigenvalue weighted by Crippen LogP contribution is -2.47. The fourth-order valence-electron chi connectivity index (χ4n) is 1.34. The number of hydrogen-bond donors (Lipinski definition) is 1. The van der Waals surface area contributed by atoms with Crippen molar-refractivity contribution >= 4 is 11.9 Å². The largest absolute Gasteiger partial charge is 0.467 e. The van der Waals surface area contributed by atoms with E-state index in [9.17, 15) is 9.59 Å². The molecule has 0 rings (SSSR count). The van der Waals surface area contributed by atoms with Crippen molar-refractivity contribution in [3.05, 3.63) is 0 Å². The van der Waals surface area contributed by atoms with Crippen LogP contribution in [0.3, 0.4) is 0 Å². The summed E-state index contributed by atoms with van der Waals surface area (Å²) in [6.07, 6.45) is 0.143. The molecule has 0 aromatic heterocycles. The van der Waals surface area contributed by atoms with E-state index in [0.29, 0.717) is 13.2 Å². The Labute approximate surface area is 112 Å². The van der Waals surface area contributed by atoms with Gasteiger partial charge < -0.3 is 19.5 Å². The Kier molecular flexibility index (Phi) is 9.40. The minimum absolute atomic E-state index is 0.143. The van der Waals surface area contributed by atoms with E-state index in [-0.39, 0.29) is 18.9 Å². The third-order valence-electron chi connectivity index (χ3n) is 2.42. The number of rotatable bonds is 9. The first-order valence-electron chi connectivity index (χ1n) is 5.87. The minimum Gasteiger partial charge on any atom is -0.467 e. The van der Waals surface area contributed by atoms with Crippen molar-refractivity contribution in [1.29, 1.82) is 5.26 Å². The molecule has 0 saturated heterocycles. The zero-order valence-corrected chi connectivity index (χ0v) is 11.5. The quantitative estimate of drug-likeness (QED) is 0.463. The molecule has 0 aliphatic heterocycles. The van der Waals surface area contributed by atoms with Gasteiger partial charge in [0.2, 0.25) is 5.91 Å². The summed E-state index contributed by atoms with van der Waals surface area (Å²) in [7, 11) is 2.76. The Morgan fingerprint density at radius 2 is 2.00 bits per heavy atom. The smallest absolute Gasteiger partial charge is 0.328 e. The van der Waals surface area contributed by atoms with Gasteiger partial charge in [-0.1, -0.05) is 6.92 Å². The fourth-order valence-corrected chi connectivity index (χ4v) is 1.34. The number of ether oxygens (including phenoxy) is 3. The highest BCUT2D eigenvalue weighted by molar-refractivity contribution is 5.85. The van der Waals surface area contributed by atoms with E-state index in [1.807, 2.05) is 6.07 Å². The standard InChI is InChI=1S/C12H20N2O5/c1-9(4-5-13)11(12(16)18-3)14-10(15)8-19-7-6-17-2/h9,11H,4,6-8H2,1-3H3,(H,14,15)/t9-,11-/m0/s1. The van der Waals surface area contributed by atoms with Gasteiger partial charge in [0.15, 0.2) is 0 Å². The Morgan fingerprint density at radius 3 is 2.53 bits per heavy atom. The average Bonchev–Trinajstić information content (AvgIpc) is 2.40. The van der Waals surface area contributed by atoms with Crippen LogP contribution in [0.4, 0.5) is 0 Å². The number of hydrogen-bond acceptors (Lipinski definition) is 6. The van der Waals surface area contributed by atoms with Crippen molar-refractivity contribution in [3.8, 4) is 6.07 Å². The lowest BCUT2D eigenvalue weighted by atomic mass is 9.99. The zero-order chi connectivity index (χ0) is 14.7. The van der Waals surface area contributed by atoms with Gasteiger partial charge in [-0.15, -0.1) is 0 Å². The van der Waals surface area contributed by atoms with E-state index in [2.05, 4.69) is 10.1 Å². The summed E-state index contributed by atoms with van der Waals surface area (Å²) in [6.45, 7) is 2.20.